The highest BCUT2D eigenvalue weighted by Crippen LogP contribution is 2.40. The molecule has 0 radical (unpaired) electrons. The predicted molar refractivity (Wildman–Crippen MR) is 198 cm³/mol. The van der Waals surface area contributed by atoms with Gasteiger partial charge in [0.25, 0.3) is 20.1 Å². The molecule has 0 saturated carbocycles. The minimum Gasteiger partial charge on any atom is -0.497 e. The van der Waals surface area contributed by atoms with Gasteiger partial charge >= 0.3 is 11.9 Å². The predicted octanol–water partition coefficient (Wildman–Crippen LogP) is 4.90. The number of carbonyl (C=O) groups excluding carboxylic acids is 4. The highest BCUT2D eigenvalue weighted by Gasteiger charge is 2.59. The topological polar surface area (TPSA) is 127 Å². The fourth-order valence-corrected chi connectivity index (χ4v) is 11.9. The number of carbonyl (C=O) groups is 4. The molecule has 2 aliphatic heterocycles. The van der Waals surface area contributed by atoms with E-state index in [4.69, 9.17) is 28.1 Å². The summed E-state index contributed by atoms with van der Waals surface area (Å²) < 4.78 is 37.5. The van der Waals surface area contributed by atoms with Gasteiger partial charge in [-0.3, -0.25) is 24.1 Å². The number of imide groups is 1. The maximum absolute atomic E-state index is 14.0. The summed E-state index contributed by atoms with van der Waals surface area (Å²) >= 11 is 0. The Morgan fingerprint density at radius 3 is 1.64 bits per heavy atom. The number of benzene rings is 4. The van der Waals surface area contributed by atoms with Crippen molar-refractivity contribution in [1.29, 1.82) is 0 Å². The van der Waals surface area contributed by atoms with E-state index in [9.17, 15) is 19.2 Å². The van der Waals surface area contributed by atoms with Crippen LogP contribution in [0.4, 0.5) is 0 Å². The molecule has 4 aromatic carbocycles. The summed E-state index contributed by atoms with van der Waals surface area (Å²) in [6.07, 6.45) is -5.24. The SMILES string of the molecule is COc1ccc(O[C@@H]2O[C@H](CO[Si](c3ccccc3)(c3ccccc3)C(C)(C)C)[C@@H](OC(C)=O)[C@H](OC(C)=O)[C@H]2N2C(=O)c3ccccc3C2=O)cc1. The van der Waals surface area contributed by atoms with Gasteiger partial charge in [0.1, 0.15) is 23.6 Å². The van der Waals surface area contributed by atoms with Gasteiger partial charge in [0.05, 0.1) is 24.8 Å². The number of hydrogen-bond donors (Lipinski definition) is 0. The molecular formula is C41H43NO10Si. The van der Waals surface area contributed by atoms with E-state index in [0.29, 0.717) is 11.5 Å². The summed E-state index contributed by atoms with van der Waals surface area (Å²) in [4.78, 5) is 54.7. The number of nitrogens with zero attached hydrogens (tertiary/aromatic N) is 1. The zero-order valence-electron chi connectivity index (χ0n) is 30.5. The minimum absolute atomic E-state index is 0.139. The maximum atomic E-state index is 14.0. The van der Waals surface area contributed by atoms with Crippen LogP contribution in [0.1, 0.15) is 55.3 Å². The van der Waals surface area contributed by atoms with E-state index < -0.39 is 67.8 Å². The van der Waals surface area contributed by atoms with E-state index in [0.717, 1.165) is 15.3 Å². The Balaban J connectivity index is 1.48. The molecule has 53 heavy (non-hydrogen) atoms. The normalized spacial score (nSPS) is 21.5. The Morgan fingerprint density at radius 1 is 0.698 bits per heavy atom. The zero-order valence-corrected chi connectivity index (χ0v) is 31.5. The van der Waals surface area contributed by atoms with E-state index in [-0.39, 0.29) is 17.7 Å². The van der Waals surface area contributed by atoms with E-state index in [1.54, 1.807) is 48.5 Å². The van der Waals surface area contributed by atoms with E-state index in [1.165, 1.54) is 21.0 Å². The van der Waals surface area contributed by atoms with Gasteiger partial charge in [-0.2, -0.15) is 0 Å². The number of amides is 2. The number of ether oxygens (including phenoxy) is 5. The Morgan fingerprint density at radius 2 is 1.17 bits per heavy atom. The molecule has 0 bridgehead atoms. The molecule has 0 N–H and O–H groups in total. The fraction of sp³-hybridized carbons (Fsp3) is 0.317. The van der Waals surface area contributed by atoms with E-state index in [2.05, 4.69) is 20.8 Å². The largest absolute Gasteiger partial charge is 0.497 e. The van der Waals surface area contributed by atoms with Crippen LogP contribution in [0.3, 0.4) is 0 Å². The van der Waals surface area contributed by atoms with Gasteiger partial charge in [-0.1, -0.05) is 93.6 Å². The van der Waals surface area contributed by atoms with Crippen molar-refractivity contribution in [2.24, 2.45) is 0 Å². The van der Waals surface area contributed by atoms with Crippen molar-refractivity contribution in [3.8, 4) is 11.5 Å². The van der Waals surface area contributed by atoms with Crippen molar-refractivity contribution in [2.45, 2.75) is 70.3 Å². The fourth-order valence-electron chi connectivity index (χ4n) is 7.29. The maximum Gasteiger partial charge on any atom is 0.303 e. The summed E-state index contributed by atoms with van der Waals surface area (Å²) in [5.74, 6) is -1.81. The number of rotatable bonds is 11. The molecule has 1 fully saturated rings. The number of esters is 2. The molecule has 276 valence electrons. The lowest BCUT2D eigenvalue weighted by atomic mass is 9.94. The molecule has 2 aliphatic rings. The van der Waals surface area contributed by atoms with E-state index >= 15 is 0 Å². The summed E-state index contributed by atoms with van der Waals surface area (Å²) in [7, 11) is -1.64. The van der Waals surface area contributed by atoms with Crippen LogP contribution in [0, 0.1) is 0 Å². The zero-order chi connectivity index (χ0) is 37.9. The molecule has 4 aromatic rings. The third kappa shape index (κ3) is 7.35. The molecule has 6 rings (SSSR count). The molecule has 5 atom stereocenters. The molecule has 12 heteroatoms. The van der Waals surface area contributed by atoms with Crippen molar-refractivity contribution in [3.05, 3.63) is 120 Å². The van der Waals surface area contributed by atoms with Crippen molar-refractivity contribution in [1.82, 2.24) is 4.90 Å². The average molecular weight is 738 g/mol. The molecule has 2 heterocycles. The van der Waals surface area contributed by atoms with Gasteiger partial charge in [-0.15, -0.1) is 0 Å². The average Bonchev–Trinajstić information content (AvgIpc) is 3.39. The van der Waals surface area contributed by atoms with Crippen LogP contribution >= 0.6 is 0 Å². The second kappa shape index (κ2) is 15.4. The van der Waals surface area contributed by atoms with Gasteiger partial charge in [-0.25, -0.2) is 0 Å². The van der Waals surface area contributed by atoms with Gasteiger partial charge < -0.3 is 28.1 Å². The Bertz CT molecular complexity index is 1870. The lowest BCUT2D eigenvalue weighted by Gasteiger charge is -2.49. The molecule has 0 spiro atoms. The summed E-state index contributed by atoms with van der Waals surface area (Å²) in [6.45, 7) is 8.66. The van der Waals surface area contributed by atoms with E-state index in [1.807, 2.05) is 60.7 Å². The Hall–Kier alpha value is -5.30. The molecule has 11 nitrogen and oxygen atoms in total. The highest BCUT2D eigenvalue weighted by atomic mass is 28.4. The molecular weight excluding hydrogens is 695 g/mol. The van der Waals surface area contributed by atoms with Crippen molar-refractivity contribution in [3.63, 3.8) is 0 Å². The van der Waals surface area contributed by atoms with Crippen LogP contribution < -0.4 is 19.8 Å². The number of fused-ring (bicyclic) bond motifs is 1. The second-order valence-electron chi connectivity index (χ2n) is 14.0. The van der Waals surface area contributed by atoms with Crippen LogP contribution in [0.2, 0.25) is 5.04 Å². The van der Waals surface area contributed by atoms with Gasteiger partial charge in [0, 0.05) is 13.8 Å². The van der Waals surface area contributed by atoms with Gasteiger partial charge in [0.15, 0.2) is 12.2 Å². The molecule has 0 aliphatic carbocycles. The van der Waals surface area contributed by atoms with Gasteiger partial charge in [0.2, 0.25) is 6.29 Å². The monoisotopic (exact) mass is 737 g/mol. The van der Waals surface area contributed by atoms with Gasteiger partial charge in [-0.05, 0) is 51.8 Å². The first-order chi connectivity index (χ1) is 25.4. The quantitative estimate of drug-likeness (QED) is 0.119. The molecule has 0 unspecified atom stereocenters. The molecule has 0 aromatic heterocycles. The first-order valence-electron chi connectivity index (χ1n) is 17.4. The minimum atomic E-state index is -3.17. The smallest absolute Gasteiger partial charge is 0.303 e. The van der Waals surface area contributed by atoms with Crippen LogP contribution in [-0.2, 0) is 28.2 Å². The third-order valence-electron chi connectivity index (χ3n) is 9.53. The summed E-state index contributed by atoms with van der Waals surface area (Å²) in [6, 6.07) is 31.6. The van der Waals surface area contributed by atoms with Crippen LogP contribution in [-0.4, -0.2) is 81.3 Å². The number of methoxy groups -OCH3 is 1. The van der Waals surface area contributed by atoms with Crippen LogP contribution in [0.5, 0.6) is 11.5 Å². The first-order valence-corrected chi connectivity index (χ1v) is 19.3. The second-order valence-corrected chi connectivity index (χ2v) is 18.3. The number of hydrogen-bond acceptors (Lipinski definition) is 10. The summed E-state index contributed by atoms with van der Waals surface area (Å²) in [5, 5.41) is 1.59. The van der Waals surface area contributed by atoms with Crippen molar-refractivity contribution in [2.75, 3.05) is 13.7 Å². The van der Waals surface area contributed by atoms with Crippen molar-refractivity contribution < 1.29 is 47.3 Å². The lowest BCUT2D eigenvalue weighted by molar-refractivity contribution is -0.263. The third-order valence-corrected chi connectivity index (χ3v) is 14.5. The standard InChI is InChI=1S/C41H43NO10Si/c1-26(43)49-36-34(25-48-53(41(3,4)5,30-15-9-7-10-16-30)31-17-11-8-12-18-31)52-40(51-29-23-21-28(47-6)22-24-29)35(37(36)50-27(2)44)42-38(45)32-19-13-14-20-33(32)39(42)46/h7-24,34-37,40H,25H2,1-6H3/t34-,35-,36-,37-,40-/m1/s1. The van der Waals surface area contributed by atoms with Crippen LogP contribution in [0.25, 0.3) is 0 Å². The van der Waals surface area contributed by atoms with Crippen LogP contribution in [0.15, 0.2) is 109 Å². The Kier molecular flexibility index (Phi) is 10.8. The Labute approximate surface area is 309 Å². The first kappa shape index (κ1) is 37.5. The van der Waals surface area contributed by atoms with Crippen molar-refractivity contribution >= 4 is 42.4 Å². The summed E-state index contributed by atoms with van der Waals surface area (Å²) in [5.41, 5.74) is 0.340. The molecule has 2 amide bonds. The lowest BCUT2D eigenvalue weighted by Crippen LogP contribution is -2.70. The molecule has 1 saturated heterocycles. The highest BCUT2D eigenvalue weighted by molar-refractivity contribution is 6.99.